The average Bonchev–Trinajstić information content (AvgIpc) is 2.78. The van der Waals surface area contributed by atoms with Crippen LogP contribution in [-0.2, 0) is 0 Å². The normalized spacial score (nSPS) is 34.7. The van der Waals surface area contributed by atoms with E-state index in [9.17, 15) is 0 Å². The van der Waals surface area contributed by atoms with Crippen LogP contribution in [0.15, 0.2) is 0 Å². The summed E-state index contributed by atoms with van der Waals surface area (Å²) in [4.78, 5) is 0. The lowest BCUT2D eigenvalue weighted by Gasteiger charge is -2.38. The third-order valence-corrected chi connectivity index (χ3v) is 5.97. The second-order valence-corrected chi connectivity index (χ2v) is 6.78. The van der Waals surface area contributed by atoms with Crippen molar-refractivity contribution in [2.75, 3.05) is 13.1 Å². The van der Waals surface area contributed by atoms with Crippen LogP contribution < -0.4 is 5.32 Å². The van der Waals surface area contributed by atoms with Gasteiger partial charge in [-0.05, 0) is 74.8 Å². The first-order valence-electron chi connectivity index (χ1n) is 7.49. The lowest BCUT2D eigenvalue weighted by atomic mass is 9.67. The molecule has 92 valence electrons. The molecule has 0 aliphatic heterocycles. The van der Waals surface area contributed by atoms with Crippen molar-refractivity contribution in [3.63, 3.8) is 0 Å². The summed E-state index contributed by atoms with van der Waals surface area (Å²) in [6, 6.07) is 0. The SMILES string of the molecule is CCNCC1CC12CCC1(CCCC1)CC2. The number of hydrogen-bond donors (Lipinski definition) is 1. The molecule has 2 spiro atoms. The van der Waals surface area contributed by atoms with Gasteiger partial charge in [-0.2, -0.15) is 0 Å². The summed E-state index contributed by atoms with van der Waals surface area (Å²) in [5.41, 5.74) is 1.65. The molecule has 0 aromatic heterocycles. The van der Waals surface area contributed by atoms with Gasteiger partial charge in [0.2, 0.25) is 0 Å². The lowest BCUT2D eigenvalue weighted by Crippen LogP contribution is -2.28. The van der Waals surface area contributed by atoms with E-state index in [1.165, 1.54) is 25.8 Å². The molecule has 3 aliphatic carbocycles. The van der Waals surface area contributed by atoms with E-state index in [4.69, 9.17) is 0 Å². The molecule has 0 saturated heterocycles. The molecule has 0 aromatic rings. The highest BCUT2D eigenvalue weighted by atomic mass is 14.9. The molecule has 0 heterocycles. The van der Waals surface area contributed by atoms with Crippen LogP contribution >= 0.6 is 0 Å². The van der Waals surface area contributed by atoms with Gasteiger partial charge in [-0.25, -0.2) is 0 Å². The average molecular weight is 221 g/mol. The van der Waals surface area contributed by atoms with Crippen molar-refractivity contribution in [1.29, 1.82) is 0 Å². The minimum Gasteiger partial charge on any atom is -0.317 e. The second-order valence-electron chi connectivity index (χ2n) is 6.78. The van der Waals surface area contributed by atoms with Gasteiger partial charge in [0.25, 0.3) is 0 Å². The zero-order valence-electron chi connectivity index (χ0n) is 10.9. The summed E-state index contributed by atoms with van der Waals surface area (Å²) in [6.07, 6.45) is 13.9. The van der Waals surface area contributed by atoms with Crippen molar-refractivity contribution in [3.05, 3.63) is 0 Å². The molecule has 1 atom stereocenters. The fraction of sp³-hybridized carbons (Fsp3) is 1.00. The van der Waals surface area contributed by atoms with E-state index in [0.717, 1.165) is 23.3 Å². The monoisotopic (exact) mass is 221 g/mol. The Labute approximate surface area is 100 Å². The Balaban J connectivity index is 1.52. The molecule has 0 bridgehead atoms. The van der Waals surface area contributed by atoms with Crippen molar-refractivity contribution in [2.24, 2.45) is 16.7 Å². The lowest BCUT2D eigenvalue weighted by molar-refractivity contribution is 0.134. The van der Waals surface area contributed by atoms with Gasteiger partial charge in [0, 0.05) is 0 Å². The first-order chi connectivity index (χ1) is 7.79. The standard InChI is InChI=1S/C15H27N/c1-2-16-12-13-11-15(13)9-7-14(8-10-15)5-3-4-6-14/h13,16H,2-12H2,1H3. The Hall–Kier alpha value is -0.0400. The van der Waals surface area contributed by atoms with Crippen LogP contribution in [0.1, 0.15) is 64.7 Å². The molecule has 3 rings (SSSR count). The molecule has 3 saturated carbocycles. The molecule has 0 amide bonds. The van der Waals surface area contributed by atoms with Crippen molar-refractivity contribution < 1.29 is 0 Å². The highest BCUT2D eigenvalue weighted by molar-refractivity contribution is 5.07. The molecule has 0 aromatic carbocycles. The van der Waals surface area contributed by atoms with Gasteiger partial charge in [0.05, 0.1) is 0 Å². The van der Waals surface area contributed by atoms with Gasteiger partial charge in [0.1, 0.15) is 0 Å². The first-order valence-corrected chi connectivity index (χ1v) is 7.49. The fourth-order valence-electron chi connectivity index (χ4n) is 4.55. The fourth-order valence-corrected chi connectivity index (χ4v) is 4.55. The van der Waals surface area contributed by atoms with Gasteiger partial charge < -0.3 is 5.32 Å². The van der Waals surface area contributed by atoms with Gasteiger partial charge in [-0.1, -0.05) is 19.8 Å². The van der Waals surface area contributed by atoms with Crippen LogP contribution in [0.25, 0.3) is 0 Å². The maximum Gasteiger partial charge on any atom is -0.00151 e. The third-order valence-electron chi connectivity index (χ3n) is 5.97. The topological polar surface area (TPSA) is 12.0 Å². The Bertz CT molecular complexity index is 242. The van der Waals surface area contributed by atoms with Gasteiger partial charge in [-0.3, -0.25) is 0 Å². The molecular weight excluding hydrogens is 194 g/mol. The summed E-state index contributed by atoms with van der Waals surface area (Å²) >= 11 is 0. The predicted octanol–water partition coefficient (Wildman–Crippen LogP) is 3.74. The Morgan fingerprint density at radius 1 is 1.00 bits per heavy atom. The molecule has 3 aliphatic rings. The maximum absolute atomic E-state index is 3.54. The number of hydrogen-bond acceptors (Lipinski definition) is 1. The highest BCUT2D eigenvalue weighted by Gasteiger charge is 2.56. The Morgan fingerprint density at radius 2 is 1.69 bits per heavy atom. The maximum atomic E-state index is 3.54. The number of nitrogens with one attached hydrogen (secondary N) is 1. The summed E-state index contributed by atoms with van der Waals surface area (Å²) in [5.74, 6) is 1.03. The van der Waals surface area contributed by atoms with Crippen LogP contribution in [0.4, 0.5) is 0 Å². The van der Waals surface area contributed by atoms with Crippen molar-refractivity contribution in [3.8, 4) is 0 Å². The third kappa shape index (κ3) is 1.81. The van der Waals surface area contributed by atoms with Crippen LogP contribution in [0.3, 0.4) is 0 Å². The van der Waals surface area contributed by atoms with E-state index in [1.54, 1.807) is 38.5 Å². The Kier molecular flexibility index (Phi) is 2.78. The smallest absolute Gasteiger partial charge is 0.00151 e. The van der Waals surface area contributed by atoms with Gasteiger partial charge in [0.15, 0.2) is 0 Å². The predicted molar refractivity (Wildman–Crippen MR) is 68.5 cm³/mol. The molecule has 3 fully saturated rings. The summed E-state index contributed by atoms with van der Waals surface area (Å²) in [7, 11) is 0. The van der Waals surface area contributed by atoms with Crippen LogP contribution in [0.5, 0.6) is 0 Å². The minimum absolute atomic E-state index is 0.815. The van der Waals surface area contributed by atoms with Crippen molar-refractivity contribution in [2.45, 2.75) is 64.7 Å². The second kappa shape index (κ2) is 4.01. The zero-order valence-corrected chi connectivity index (χ0v) is 10.9. The molecule has 1 nitrogen and oxygen atoms in total. The molecule has 1 unspecified atom stereocenters. The van der Waals surface area contributed by atoms with Crippen LogP contribution in [-0.4, -0.2) is 13.1 Å². The zero-order chi connectivity index (χ0) is 11.1. The van der Waals surface area contributed by atoms with E-state index in [2.05, 4.69) is 12.2 Å². The quantitative estimate of drug-likeness (QED) is 0.765. The summed E-state index contributed by atoms with van der Waals surface area (Å²) in [5, 5.41) is 3.54. The molecular formula is C15H27N. The first kappa shape index (κ1) is 11.1. The Morgan fingerprint density at radius 3 is 2.31 bits per heavy atom. The summed E-state index contributed by atoms with van der Waals surface area (Å²) < 4.78 is 0. The molecule has 1 heteroatoms. The van der Waals surface area contributed by atoms with Crippen molar-refractivity contribution >= 4 is 0 Å². The van der Waals surface area contributed by atoms with E-state index in [1.807, 2.05) is 0 Å². The van der Waals surface area contributed by atoms with Gasteiger partial charge in [-0.15, -0.1) is 0 Å². The van der Waals surface area contributed by atoms with E-state index in [0.29, 0.717) is 0 Å². The summed E-state index contributed by atoms with van der Waals surface area (Å²) in [6.45, 7) is 4.67. The van der Waals surface area contributed by atoms with E-state index < -0.39 is 0 Å². The van der Waals surface area contributed by atoms with Crippen LogP contribution in [0.2, 0.25) is 0 Å². The largest absolute Gasteiger partial charge is 0.317 e. The van der Waals surface area contributed by atoms with Crippen molar-refractivity contribution in [1.82, 2.24) is 5.32 Å². The van der Waals surface area contributed by atoms with E-state index in [-0.39, 0.29) is 0 Å². The number of rotatable bonds is 3. The highest BCUT2D eigenvalue weighted by Crippen LogP contribution is 2.65. The molecule has 1 N–H and O–H groups in total. The van der Waals surface area contributed by atoms with E-state index >= 15 is 0 Å². The van der Waals surface area contributed by atoms with Gasteiger partial charge >= 0.3 is 0 Å². The van der Waals surface area contributed by atoms with Crippen LogP contribution in [0, 0.1) is 16.7 Å². The molecule has 0 radical (unpaired) electrons. The molecule has 16 heavy (non-hydrogen) atoms. The minimum atomic E-state index is 0.815.